The van der Waals surface area contributed by atoms with Crippen LogP contribution in [-0.2, 0) is 4.79 Å². The van der Waals surface area contributed by atoms with Crippen molar-refractivity contribution in [1.29, 1.82) is 0 Å². The van der Waals surface area contributed by atoms with Crippen molar-refractivity contribution in [2.45, 2.75) is 72.8 Å². The number of nitrogens with zero attached hydrogens (tertiary/aromatic N) is 1. The Balaban J connectivity index is 0. The number of unbranched alkanes of at least 4 members (excludes halogenated alkanes) is 3. The quantitative estimate of drug-likeness (QED) is 0.218. The van der Waals surface area contributed by atoms with E-state index in [2.05, 4.69) is 29.5 Å². The first-order chi connectivity index (χ1) is 9.83. The molecule has 0 aromatic heterocycles. The molecule has 4 N–H and O–H groups in total. The van der Waals surface area contributed by atoms with Gasteiger partial charge >= 0.3 is 0 Å². The lowest BCUT2D eigenvalue weighted by molar-refractivity contribution is -0.125. The Morgan fingerprint density at radius 3 is 2.36 bits per heavy atom. The van der Waals surface area contributed by atoms with Gasteiger partial charge in [0.25, 0.3) is 0 Å². The summed E-state index contributed by atoms with van der Waals surface area (Å²) in [7, 11) is 0. The molecule has 6 heteroatoms. The molecule has 132 valence electrons. The molecular weight excluding hydrogens is 391 g/mol. The van der Waals surface area contributed by atoms with Crippen molar-refractivity contribution in [3.8, 4) is 0 Å². The monoisotopic (exact) mass is 426 g/mol. The topological polar surface area (TPSA) is 79.5 Å². The zero-order valence-corrected chi connectivity index (χ0v) is 17.2. The number of primary amides is 1. The van der Waals surface area contributed by atoms with E-state index in [-0.39, 0.29) is 29.9 Å². The Bertz CT molecular complexity index is 332. The van der Waals surface area contributed by atoms with Crippen molar-refractivity contribution in [1.82, 2.24) is 10.6 Å². The maximum atomic E-state index is 11.3. The van der Waals surface area contributed by atoms with Gasteiger partial charge < -0.3 is 16.4 Å². The summed E-state index contributed by atoms with van der Waals surface area (Å²) in [6.07, 6.45) is 6.20. The number of hydrogen-bond acceptors (Lipinski definition) is 2. The Morgan fingerprint density at radius 2 is 1.86 bits per heavy atom. The number of hydrogen-bond donors (Lipinski definition) is 3. The number of aliphatic imine (C=N–C) groups is 1. The van der Waals surface area contributed by atoms with Crippen molar-refractivity contribution < 1.29 is 4.79 Å². The standard InChI is InChI=1S/C16H34N4O.HI/c1-6-8-9-10-11-13(3)20-15(18-7-2)19-12-16(4,5)14(17)21;/h13H,6-12H2,1-5H3,(H2,17,21)(H2,18,19,20);1H. The van der Waals surface area contributed by atoms with Crippen molar-refractivity contribution in [3.05, 3.63) is 0 Å². The highest BCUT2D eigenvalue weighted by atomic mass is 127. The van der Waals surface area contributed by atoms with Crippen LogP contribution in [0, 0.1) is 5.41 Å². The van der Waals surface area contributed by atoms with E-state index in [9.17, 15) is 4.79 Å². The van der Waals surface area contributed by atoms with E-state index in [1.807, 2.05) is 20.8 Å². The molecule has 1 unspecified atom stereocenters. The number of carbonyl (C=O) groups is 1. The second kappa shape index (κ2) is 13.0. The van der Waals surface area contributed by atoms with Crippen LogP contribution in [-0.4, -0.2) is 31.0 Å². The molecule has 0 aromatic rings. The molecule has 1 atom stereocenters. The number of nitrogens with one attached hydrogen (secondary N) is 2. The number of rotatable bonds is 10. The second-order valence-electron chi connectivity index (χ2n) is 6.34. The average Bonchev–Trinajstić information content (AvgIpc) is 2.41. The van der Waals surface area contributed by atoms with Crippen LogP contribution in [0.3, 0.4) is 0 Å². The van der Waals surface area contributed by atoms with Gasteiger partial charge in [0, 0.05) is 12.6 Å². The van der Waals surface area contributed by atoms with E-state index < -0.39 is 5.41 Å². The van der Waals surface area contributed by atoms with E-state index >= 15 is 0 Å². The number of amides is 1. The average molecular weight is 426 g/mol. The van der Waals surface area contributed by atoms with Crippen LogP contribution in [0.1, 0.15) is 66.7 Å². The number of guanidine groups is 1. The summed E-state index contributed by atoms with van der Waals surface area (Å²) in [6.45, 7) is 11.2. The van der Waals surface area contributed by atoms with Crippen molar-refractivity contribution >= 4 is 35.8 Å². The van der Waals surface area contributed by atoms with Gasteiger partial charge in [-0.2, -0.15) is 0 Å². The van der Waals surface area contributed by atoms with E-state index in [1.165, 1.54) is 25.7 Å². The smallest absolute Gasteiger partial charge is 0.224 e. The van der Waals surface area contributed by atoms with Crippen LogP contribution in [0.4, 0.5) is 0 Å². The summed E-state index contributed by atoms with van der Waals surface area (Å²) in [5.41, 5.74) is 4.76. The van der Waals surface area contributed by atoms with Crippen LogP contribution in [0.15, 0.2) is 4.99 Å². The zero-order chi connectivity index (χ0) is 16.3. The summed E-state index contributed by atoms with van der Waals surface area (Å²) in [5.74, 6) is 0.435. The molecule has 1 amide bonds. The molecule has 0 heterocycles. The Morgan fingerprint density at radius 1 is 1.23 bits per heavy atom. The molecule has 0 aromatic carbocycles. The predicted molar refractivity (Wildman–Crippen MR) is 106 cm³/mol. The second-order valence-corrected chi connectivity index (χ2v) is 6.34. The molecule has 0 rings (SSSR count). The highest BCUT2D eigenvalue weighted by molar-refractivity contribution is 14.0. The molecule has 0 fully saturated rings. The highest BCUT2D eigenvalue weighted by Crippen LogP contribution is 2.14. The highest BCUT2D eigenvalue weighted by Gasteiger charge is 2.24. The summed E-state index contributed by atoms with van der Waals surface area (Å²) in [6, 6.07) is 0.372. The molecular formula is C16H35IN4O. The maximum Gasteiger partial charge on any atom is 0.224 e. The fourth-order valence-electron chi connectivity index (χ4n) is 1.86. The van der Waals surface area contributed by atoms with Crippen LogP contribution in [0.25, 0.3) is 0 Å². The van der Waals surface area contributed by atoms with Gasteiger partial charge in [0.15, 0.2) is 5.96 Å². The Hall–Kier alpha value is -0.530. The summed E-state index contributed by atoms with van der Waals surface area (Å²) >= 11 is 0. The molecule has 5 nitrogen and oxygen atoms in total. The van der Waals surface area contributed by atoms with Crippen LogP contribution < -0.4 is 16.4 Å². The normalized spacial score (nSPS) is 13.2. The van der Waals surface area contributed by atoms with Crippen LogP contribution >= 0.6 is 24.0 Å². The van der Waals surface area contributed by atoms with E-state index in [4.69, 9.17) is 5.73 Å². The van der Waals surface area contributed by atoms with Gasteiger partial charge in [-0.3, -0.25) is 9.79 Å². The molecule has 0 saturated carbocycles. The minimum Gasteiger partial charge on any atom is -0.369 e. The third-order valence-corrected chi connectivity index (χ3v) is 3.52. The molecule has 0 saturated heterocycles. The number of halogens is 1. The van der Waals surface area contributed by atoms with Gasteiger partial charge in [-0.1, -0.05) is 32.6 Å². The molecule has 0 radical (unpaired) electrons. The lowest BCUT2D eigenvalue weighted by atomic mass is 9.93. The largest absolute Gasteiger partial charge is 0.369 e. The lowest BCUT2D eigenvalue weighted by Crippen LogP contribution is -2.43. The van der Waals surface area contributed by atoms with E-state index in [0.717, 1.165) is 18.9 Å². The Kier molecular flexibility index (Phi) is 14.0. The van der Waals surface area contributed by atoms with Crippen molar-refractivity contribution in [2.24, 2.45) is 16.1 Å². The fraction of sp³-hybridized carbons (Fsp3) is 0.875. The summed E-state index contributed by atoms with van der Waals surface area (Å²) in [5, 5.41) is 6.61. The molecule has 0 bridgehead atoms. The maximum absolute atomic E-state index is 11.3. The fourth-order valence-corrected chi connectivity index (χ4v) is 1.86. The summed E-state index contributed by atoms with van der Waals surface area (Å²) < 4.78 is 0. The minimum absolute atomic E-state index is 0. The first-order valence-corrected chi connectivity index (χ1v) is 8.18. The third kappa shape index (κ3) is 11.1. The van der Waals surface area contributed by atoms with Gasteiger partial charge in [0.2, 0.25) is 5.91 Å². The molecule has 0 aliphatic heterocycles. The van der Waals surface area contributed by atoms with E-state index in [0.29, 0.717) is 12.6 Å². The van der Waals surface area contributed by atoms with E-state index in [1.54, 1.807) is 0 Å². The molecule has 0 aliphatic carbocycles. The minimum atomic E-state index is -0.618. The van der Waals surface area contributed by atoms with Gasteiger partial charge in [0.1, 0.15) is 0 Å². The van der Waals surface area contributed by atoms with Crippen molar-refractivity contribution in [3.63, 3.8) is 0 Å². The Labute approximate surface area is 153 Å². The van der Waals surface area contributed by atoms with Crippen LogP contribution in [0.5, 0.6) is 0 Å². The first kappa shape index (κ1) is 23.7. The SMILES string of the molecule is CCCCCCC(C)NC(=NCC(C)(C)C(N)=O)NCC.I. The number of nitrogens with two attached hydrogens (primary N) is 1. The number of carbonyl (C=O) groups excluding carboxylic acids is 1. The first-order valence-electron chi connectivity index (χ1n) is 8.18. The van der Waals surface area contributed by atoms with Gasteiger partial charge in [0.05, 0.1) is 12.0 Å². The molecule has 22 heavy (non-hydrogen) atoms. The molecule has 0 spiro atoms. The molecule has 0 aliphatic rings. The zero-order valence-electron chi connectivity index (χ0n) is 14.9. The predicted octanol–water partition coefficient (Wildman–Crippen LogP) is 3.03. The third-order valence-electron chi connectivity index (χ3n) is 3.52. The van der Waals surface area contributed by atoms with Gasteiger partial charge in [-0.15, -0.1) is 24.0 Å². The van der Waals surface area contributed by atoms with Crippen LogP contribution in [0.2, 0.25) is 0 Å². The van der Waals surface area contributed by atoms with Crippen molar-refractivity contribution in [2.75, 3.05) is 13.1 Å². The van der Waals surface area contributed by atoms with Gasteiger partial charge in [-0.25, -0.2) is 0 Å². The summed E-state index contributed by atoms with van der Waals surface area (Å²) in [4.78, 5) is 15.8. The van der Waals surface area contributed by atoms with Gasteiger partial charge in [-0.05, 0) is 34.1 Å². The lowest BCUT2D eigenvalue weighted by Gasteiger charge is -2.21.